The molecule has 104 heavy (non-hydrogen) atoms. The molecule has 26 heteroatoms. The summed E-state index contributed by atoms with van der Waals surface area (Å²) in [7, 11) is 10.1. The predicted molar refractivity (Wildman–Crippen MR) is 409 cm³/mol. The molecule has 25 nitrogen and oxygen atoms in total. The van der Waals surface area contributed by atoms with Crippen LogP contribution in [0.15, 0.2) is 30.3 Å². The van der Waals surface area contributed by atoms with E-state index in [-0.39, 0.29) is 73.9 Å². The van der Waals surface area contributed by atoms with Crippen LogP contribution in [-0.4, -0.2) is 255 Å². The second kappa shape index (κ2) is 45.7. The number of amides is 11. The summed E-state index contributed by atoms with van der Waals surface area (Å²) < 4.78 is 0. The SMILES string of the molecule is CC[C@@H]1NC(=O)[C@H]([C@H](O)[C@H](C)CCCCCCCCC(=O)c2ccccc2)N(C)C(=O)[C@H](C(C)C)N(C)C(=O)[C@H](CC(C)C)N(C)C(=O)[C@H](CC(C)C)N(C)C(=O)[C@@H](C)NC(=O)[C@H](C)NC(=O)[C@H](CC(C)C)N(C)C(=O)[C@H](C(C)C)NC(=O)[C@H](CC(C)C)N(C)C(=O)[C@@H](CSCCCCO)N(C)C1=O. The number of ketones is 1. The van der Waals surface area contributed by atoms with Gasteiger partial charge in [0, 0.05) is 73.7 Å². The van der Waals surface area contributed by atoms with E-state index in [1.165, 1.54) is 104 Å². The summed E-state index contributed by atoms with van der Waals surface area (Å²) in [5, 5.41) is 33.5. The molecule has 6 N–H and O–H groups in total. The van der Waals surface area contributed by atoms with E-state index in [0.29, 0.717) is 43.4 Å². The molecule has 1 aliphatic rings. The van der Waals surface area contributed by atoms with Crippen molar-refractivity contribution in [3.05, 3.63) is 35.9 Å². The Morgan fingerprint density at radius 1 is 0.442 bits per heavy atom. The van der Waals surface area contributed by atoms with Crippen molar-refractivity contribution < 1.29 is 67.7 Å². The van der Waals surface area contributed by atoms with Crippen LogP contribution in [0.25, 0.3) is 0 Å². The topological polar surface area (TPSA) is 316 Å². The van der Waals surface area contributed by atoms with Crippen LogP contribution in [0.1, 0.15) is 217 Å². The van der Waals surface area contributed by atoms with Crippen molar-refractivity contribution in [2.75, 3.05) is 67.4 Å². The number of rotatable bonds is 29. The van der Waals surface area contributed by atoms with Crippen molar-refractivity contribution in [1.82, 2.24) is 55.6 Å². The molecule has 0 aliphatic carbocycles. The molecule has 1 fully saturated rings. The fourth-order valence-electron chi connectivity index (χ4n) is 13.4. The van der Waals surface area contributed by atoms with Crippen LogP contribution in [0.5, 0.6) is 0 Å². The number of hydrogen-bond donors (Lipinski definition) is 6. The Balaban J connectivity index is 3.02. The van der Waals surface area contributed by atoms with Crippen LogP contribution in [-0.2, 0) is 52.7 Å². The molecule has 11 amide bonds. The lowest BCUT2D eigenvalue weighted by atomic mass is 9.90. The molecular formula is C78H135N11O14S. The van der Waals surface area contributed by atoms with Gasteiger partial charge in [0.05, 0.1) is 6.10 Å². The maximum absolute atomic E-state index is 15.6. The fourth-order valence-corrected chi connectivity index (χ4v) is 14.6. The number of nitrogens with zero attached hydrogens (tertiary/aromatic N) is 7. The largest absolute Gasteiger partial charge is 0.396 e. The van der Waals surface area contributed by atoms with Gasteiger partial charge in [0.15, 0.2) is 5.78 Å². The zero-order valence-electron chi connectivity index (χ0n) is 67.4. The van der Waals surface area contributed by atoms with Gasteiger partial charge in [-0.2, -0.15) is 11.8 Å². The molecule has 2 rings (SSSR count). The molecule has 592 valence electrons. The maximum Gasteiger partial charge on any atom is 0.246 e. The third-order valence-electron chi connectivity index (χ3n) is 20.0. The summed E-state index contributed by atoms with van der Waals surface area (Å²) in [6.45, 7) is 28.2. The summed E-state index contributed by atoms with van der Waals surface area (Å²) in [6, 6.07) is -4.84. The Morgan fingerprint density at radius 2 is 0.875 bits per heavy atom. The van der Waals surface area contributed by atoms with E-state index in [4.69, 9.17) is 0 Å². The van der Waals surface area contributed by atoms with Gasteiger partial charge in [-0.25, -0.2) is 0 Å². The average Bonchev–Trinajstić information content (AvgIpc) is 0.804. The minimum atomic E-state index is -1.66. The normalized spacial score (nSPS) is 24.7. The van der Waals surface area contributed by atoms with Gasteiger partial charge in [-0.3, -0.25) is 57.5 Å². The first-order valence-electron chi connectivity index (χ1n) is 38.1. The number of unbranched alkanes of at least 4 members (excludes halogenated alkanes) is 6. The van der Waals surface area contributed by atoms with Gasteiger partial charge < -0.3 is 65.8 Å². The van der Waals surface area contributed by atoms with Crippen LogP contribution >= 0.6 is 11.8 Å². The quantitative estimate of drug-likeness (QED) is 0.0342. The van der Waals surface area contributed by atoms with Crippen molar-refractivity contribution >= 4 is 82.5 Å². The first-order valence-corrected chi connectivity index (χ1v) is 39.3. The van der Waals surface area contributed by atoms with Crippen LogP contribution in [0.4, 0.5) is 0 Å². The van der Waals surface area contributed by atoms with Gasteiger partial charge in [-0.15, -0.1) is 0 Å². The summed E-state index contributed by atoms with van der Waals surface area (Å²) in [6.07, 6.45) is 5.63. The number of carbonyl (C=O) groups excluding carboxylic acids is 12. The first kappa shape index (κ1) is 93.4. The first-order chi connectivity index (χ1) is 48.6. The van der Waals surface area contributed by atoms with Gasteiger partial charge in [0.1, 0.15) is 66.5 Å². The van der Waals surface area contributed by atoms with Crippen LogP contribution in [0.2, 0.25) is 0 Å². The van der Waals surface area contributed by atoms with Gasteiger partial charge in [-0.1, -0.05) is 159 Å². The fraction of sp³-hybridized carbons (Fsp3) is 0.769. The highest BCUT2D eigenvalue weighted by Crippen LogP contribution is 2.28. The lowest BCUT2D eigenvalue weighted by Crippen LogP contribution is -2.64. The zero-order chi connectivity index (χ0) is 79.3. The van der Waals surface area contributed by atoms with Crippen LogP contribution in [0.3, 0.4) is 0 Å². The summed E-state index contributed by atoms with van der Waals surface area (Å²) in [4.78, 5) is 187. The molecule has 1 aromatic carbocycles. The average molecular weight is 1480 g/mol. The molecule has 0 unspecified atom stereocenters. The molecule has 0 radical (unpaired) electrons. The van der Waals surface area contributed by atoms with E-state index in [0.717, 1.165) is 37.0 Å². The molecule has 1 aromatic rings. The lowest BCUT2D eigenvalue weighted by Gasteiger charge is -2.41. The minimum absolute atomic E-state index is 0.0206. The second-order valence-corrected chi connectivity index (χ2v) is 32.6. The molecule has 0 bridgehead atoms. The van der Waals surface area contributed by atoms with E-state index in [9.17, 15) is 39.0 Å². The number of carbonyl (C=O) groups is 12. The van der Waals surface area contributed by atoms with E-state index < -0.39 is 155 Å². The Morgan fingerprint density at radius 3 is 1.38 bits per heavy atom. The van der Waals surface area contributed by atoms with E-state index in [1.807, 2.05) is 85.7 Å². The highest BCUT2D eigenvalue weighted by atomic mass is 32.2. The van der Waals surface area contributed by atoms with Crippen molar-refractivity contribution in [1.29, 1.82) is 0 Å². The van der Waals surface area contributed by atoms with Crippen molar-refractivity contribution in [3.8, 4) is 0 Å². The number of nitrogens with one attached hydrogen (secondary N) is 4. The molecule has 1 aliphatic heterocycles. The van der Waals surface area contributed by atoms with E-state index in [1.54, 1.807) is 41.5 Å². The molecular weight excluding hydrogens is 1350 g/mol. The number of aliphatic hydroxyl groups excluding tert-OH is 2. The summed E-state index contributed by atoms with van der Waals surface area (Å²) >= 11 is 1.35. The van der Waals surface area contributed by atoms with Crippen molar-refractivity contribution in [2.45, 2.75) is 280 Å². The molecule has 0 spiro atoms. The van der Waals surface area contributed by atoms with Gasteiger partial charge in [0.25, 0.3) is 0 Å². The molecule has 0 saturated carbocycles. The molecule has 13 atom stereocenters. The number of likely N-dealkylation sites (N-methyl/N-ethyl adjacent to an activating group) is 7. The Labute approximate surface area is 627 Å². The number of Topliss-reactive ketones (excluding diaryl/α,β-unsaturated/α-hetero) is 1. The van der Waals surface area contributed by atoms with E-state index >= 15 is 28.8 Å². The number of aliphatic hydroxyl groups is 2. The van der Waals surface area contributed by atoms with Gasteiger partial charge in [-0.05, 0) is 119 Å². The standard InChI is InChI=1S/C78H135N11O14S/c1-24-57-73(98)87(21)62(46-104-41-35-34-40-90)76(101)83(17)59(43-48(4)5)70(95)82-64(51(10)11)77(102)84(18)58(42-47(2)3)69(94)79-54(15)68(93)80-55(16)72(97)85(19)60(44-49(6)7)74(99)86(20)61(45-50(8)9)75(100)88(22)65(52(12)13)78(103)89(23)66(71(96)81-57)67(92)53(14)36-30-27-25-26-28-33-39-63(91)56-37-31-29-32-38-56/h29,31-32,37-38,47-55,57-62,64-67,90,92H,24-28,30,33-36,39-46H2,1-23H3,(H,79,94)(H,80,93)(H,81,96)(H,82,95)/t53-,54+,55-,57+,58+,59+,60+,61+,62-,64+,65+,66+,67-/m1/s1. The maximum atomic E-state index is 15.6. The number of hydrogen-bond acceptors (Lipinski definition) is 15. The van der Waals surface area contributed by atoms with Crippen LogP contribution < -0.4 is 21.3 Å². The lowest BCUT2D eigenvalue weighted by molar-refractivity contribution is -0.157. The Bertz CT molecular complexity index is 2930. The zero-order valence-corrected chi connectivity index (χ0v) is 68.2. The monoisotopic (exact) mass is 1480 g/mol. The van der Waals surface area contributed by atoms with Gasteiger partial charge >= 0.3 is 0 Å². The predicted octanol–water partition coefficient (Wildman–Crippen LogP) is 7.18. The molecule has 1 saturated heterocycles. The molecule has 0 aromatic heterocycles. The molecule has 1 heterocycles. The highest BCUT2D eigenvalue weighted by Gasteiger charge is 2.46. The van der Waals surface area contributed by atoms with Crippen molar-refractivity contribution in [2.24, 2.45) is 41.4 Å². The second-order valence-electron chi connectivity index (χ2n) is 31.5. The number of benzene rings is 1. The third-order valence-corrected chi connectivity index (χ3v) is 21.1. The van der Waals surface area contributed by atoms with E-state index in [2.05, 4.69) is 21.3 Å². The Kier molecular flexibility index (Phi) is 41.1. The highest BCUT2D eigenvalue weighted by molar-refractivity contribution is 7.99. The van der Waals surface area contributed by atoms with Crippen molar-refractivity contribution in [3.63, 3.8) is 0 Å². The summed E-state index contributed by atoms with van der Waals surface area (Å²) in [5.74, 6) is -9.43. The Hall–Kier alpha value is -6.67. The number of thioether (sulfide) groups is 1. The minimum Gasteiger partial charge on any atom is -0.396 e. The van der Waals surface area contributed by atoms with Gasteiger partial charge in [0.2, 0.25) is 65.0 Å². The summed E-state index contributed by atoms with van der Waals surface area (Å²) in [5.41, 5.74) is 0.684. The van der Waals surface area contributed by atoms with Crippen LogP contribution in [0, 0.1) is 41.4 Å². The third kappa shape index (κ3) is 28.2. The smallest absolute Gasteiger partial charge is 0.246 e.